The maximum Gasteiger partial charge on any atom is 0.348 e. The highest BCUT2D eigenvalue weighted by Gasteiger charge is 2.21. The van der Waals surface area contributed by atoms with Crippen molar-refractivity contribution in [3.05, 3.63) is 40.4 Å². The molecule has 1 aliphatic rings. The minimum atomic E-state index is -0.151. The van der Waals surface area contributed by atoms with E-state index in [0.29, 0.717) is 6.54 Å². The number of hydrogen-bond donors (Lipinski definition) is 0. The topological polar surface area (TPSA) is 47.4 Å². The molecule has 0 saturated carbocycles. The van der Waals surface area contributed by atoms with Gasteiger partial charge in [0.15, 0.2) is 0 Å². The average Bonchev–Trinajstić information content (AvgIpc) is 2.53. The summed E-state index contributed by atoms with van der Waals surface area (Å²) < 4.78 is 7.18. The van der Waals surface area contributed by atoms with Crippen LogP contribution in [0.4, 0.5) is 0 Å². The molecular weight excluding hydrogens is 290 g/mol. The molecule has 0 N–H and O–H groups in total. The fourth-order valence-corrected chi connectivity index (χ4v) is 3.08. The van der Waals surface area contributed by atoms with Crippen molar-refractivity contribution < 1.29 is 4.74 Å². The van der Waals surface area contributed by atoms with Crippen LogP contribution in [0, 0.1) is 0 Å². The Bertz CT molecular complexity index is 740. The first-order valence-electron chi connectivity index (χ1n) is 8.27. The van der Waals surface area contributed by atoms with Crippen molar-refractivity contribution in [3.8, 4) is 0 Å². The number of aromatic nitrogens is 2. The van der Waals surface area contributed by atoms with Gasteiger partial charge >= 0.3 is 5.69 Å². The lowest BCUT2D eigenvalue weighted by molar-refractivity contribution is 0.0364. The van der Waals surface area contributed by atoms with E-state index < -0.39 is 0 Å². The maximum atomic E-state index is 12.6. The summed E-state index contributed by atoms with van der Waals surface area (Å²) in [5, 5.41) is 1.07. The van der Waals surface area contributed by atoms with Crippen LogP contribution in [0.25, 0.3) is 10.9 Å². The maximum absolute atomic E-state index is 12.6. The number of ether oxygens (including phenoxy) is 1. The molecule has 0 unspecified atom stereocenters. The van der Waals surface area contributed by atoms with Crippen LogP contribution in [-0.2, 0) is 16.7 Å². The van der Waals surface area contributed by atoms with E-state index in [1.165, 1.54) is 0 Å². The van der Waals surface area contributed by atoms with E-state index in [9.17, 15) is 4.79 Å². The molecule has 1 aromatic heterocycles. The molecule has 1 fully saturated rings. The predicted octanol–water partition coefficient (Wildman–Crippen LogP) is 2.03. The van der Waals surface area contributed by atoms with Gasteiger partial charge in [-0.25, -0.2) is 4.79 Å². The number of rotatable bonds is 3. The quantitative estimate of drug-likeness (QED) is 0.869. The second kappa shape index (κ2) is 6.42. The van der Waals surface area contributed by atoms with Crippen molar-refractivity contribution in [2.45, 2.75) is 32.7 Å². The zero-order chi connectivity index (χ0) is 16.4. The first-order chi connectivity index (χ1) is 11.0. The second-order valence-electron chi connectivity index (χ2n) is 7.12. The molecule has 1 aromatic carbocycles. The smallest absolute Gasteiger partial charge is 0.348 e. The minimum absolute atomic E-state index is 0.151. The van der Waals surface area contributed by atoms with Crippen LogP contribution in [0.15, 0.2) is 29.1 Å². The number of benzene rings is 1. The highest BCUT2D eigenvalue weighted by atomic mass is 16.5. The van der Waals surface area contributed by atoms with Crippen molar-refractivity contribution in [3.63, 3.8) is 0 Å². The largest absolute Gasteiger partial charge is 0.379 e. The highest BCUT2D eigenvalue weighted by molar-refractivity contribution is 5.82. The summed E-state index contributed by atoms with van der Waals surface area (Å²) in [6.45, 7) is 11.2. The third-order valence-electron chi connectivity index (χ3n) is 4.34. The van der Waals surface area contributed by atoms with Gasteiger partial charge in [-0.15, -0.1) is 0 Å². The molecule has 5 heteroatoms. The molecule has 0 amide bonds. The third-order valence-corrected chi connectivity index (χ3v) is 4.34. The van der Waals surface area contributed by atoms with Gasteiger partial charge in [-0.05, 0) is 6.07 Å². The second-order valence-corrected chi connectivity index (χ2v) is 7.12. The Morgan fingerprint density at radius 2 is 1.83 bits per heavy atom. The molecule has 0 spiro atoms. The number of para-hydroxylation sites is 1. The van der Waals surface area contributed by atoms with Gasteiger partial charge in [-0.1, -0.05) is 39.0 Å². The number of fused-ring (bicyclic) bond motifs is 1. The molecule has 2 heterocycles. The minimum Gasteiger partial charge on any atom is -0.379 e. The zero-order valence-corrected chi connectivity index (χ0v) is 14.2. The van der Waals surface area contributed by atoms with Crippen LogP contribution in [0.3, 0.4) is 0 Å². The van der Waals surface area contributed by atoms with E-state index >= 15 is 0 Å². The van der Waals surface area contributed by atoms with E-state index in [4.69, 9.17) is 4.74 Å². The van der Waals surface area contributed by atoms with E-state index in [1.807, 2.05) is 18.2 Å². The van der Waals surface area contributed by atoms with E-state index in [1.54, 1.807) is 4.57 Å². The fraction of sp³-hybridized carbons (Fsp3) is 0.556. The summed E-state index contributed by atoms with van der Waals surface area (Å²) in [5.41, 5.74) is 1.55. The Hall–Kier alpha value is -1.72. The van der Waals surface area contributed by atoms with Gasteiger partial charge in [-0.3, -0.25) is 9.47 Å². The predicted molar refractivity (Wildman–Crippen MR) is 92.0 cm³/mol. The Morgan fingerprint density at radius 3 is 2.52 bits per heavy atom. The van der Waals surface area contributed by atoms with Gasteiger partial charge in [0.2, 0.25) is 0 Å². The zero-order valence-electron chi connectivity index (χ0n) is 14.2. The molecule has 1 aliphatic heterocycles. The molecule has 0 bridgehead atoms. The Labute approximate surface area is 136 Å². The van der Waals surface area contributed by atoms with Crippen LogP contribution in [-0.4, -0.2) is 47.3 Å². The Balaban J connectivity index is 1.97. The van der Waals surface area contributed by atoms with E-state index in [-0.39, 0.29) is 11.1 Å². The molecule has 23 heavy (non-hydrogen) atoms. The summed E-state index contributed by atoms with van der Waals surface area (Å²) >= 11 is 0. The first-order valence-corrected chi connectivity index (χ1v) is 8.27. The molecule has 0 atom stereocenters. The number of hydrogen-bond acceptors (Lipinski definition) is 4. The summed E-state index contributed by atoms with van der Waals surface area (Å²) in [5.74, 6) is 0. The van der Waals surface area contributed by atoms with Crippen molar-refractivity contribution >= 4 is 10.9 Å². The van der Waals surface area contributed by atoms with Crippen LogP contribution in [0.5, 0.6) is 0 Å². The third kappa shape index (κ3) is 3.46. The van der Waals surface area contributed by atoms with Gasteiger partial charge in [0.25, 0.3) is 0 Å². The van der Waals surface area contributed by atoms with Crippen LogP contribution in [0.2, 0.25) is 0 Å². The van der Waals surface area contributed by atoms with Crippen LogP contribution >= 0.6 is 0 Å². The van der Waals surface area contributed by atoms with Crippen molar-refractivity contribution in [2.24, 2.45) is 0 Å². The van der Waals surface area contributed by atoms with Crippen molar-refractivity contribution in [1.82, 2.24) is 14.5 Å². The lowest BCUT2D eigenvalue weighted by Gasteiger charge is -2.27. The SMILES string of the molecule is CC(C)(C)c1nc(=O)n(CCN2CCOCC2)c2ccccc12. The van der Waals surface area contributed by atoms with Gasteiger partial charge in [0, 0.05) is 37.0 Å². The molecular formula is C18H25N3O2. The lowest BCUT2D eigenvalue weighted by Crippen LogP contribution is -2.40. The molecule has 5 nitrogen and oxygen atoms in total. The van der Waals surface area contributed by atoms with Crippen molar-refractivity contribution in [2.75, 3.05) is 32.8 Å². The molecule has 124 valence electrons. The fourth-order valence-electron chi connectivity index (χ4n) is 3.08. The van der Waals surface area contributed by atoms with E-state index in [2.05, 4.69) is 36.7 Å². The number of morpholine rings is 1. The van der Waals surface area contributed by atoms with Crippen LogP contribution in [0.1, 0.15) is 26.5 Å². The van der Waals surface area contributed by atoms with Crippen LogP contribution < -0.4 is 5.69 Å². The Kier molecular flexibility index (Phi) is 4.50. The summed E-state index contributed by atoms with van der Waals surface area (Å²) in [4.78, 5) is 19.3. The Morgan fingerprint density at radius 1 is 1.13 bits per heavy atom. The van der Waals surface area contributed by atoms with E-state index in [0.717, 1.165) is 49.4 Å². The number of nitrogens with zero attached hydrogens (tertiary/aromatic N) is 3. The summed E-state index contributed by atoms with van der Waals surface area (Å²) in [6, 6.07) is 8.08. The van der Waals surface area contributed by atoms with Gasteiger partial charge in [0.05, 0.1) is 24.4 Å². The monoisotopic (exact) mass is 315 g/mol. The summed E-state index contributed by atoms with van der Waals surface area (Å²) in [6.07, 6.45) is 0. The molecule has 0 radical (unpaired) electrons. The standard InChI is InChI=1S/C18H25N3O2/c1-18(2,3)16-14-6-4-5-7-15(14)21(17(22)19-16)9-8-20-10-12-23-13-11-20/h4-7H,8-13H2,1-3H3. The van der Waals surface area contributed by atoms with Gasteiger partial charge < -0.3 is 4.74 Å². The highest BCUT2D eigenvalue weighted by Crippen LogP contribution is 2.26. The summed E-state index contributed by atoms with van der Waals surface area (Å²) in [7, 11) is 0. The normalized spacial score (nSPS) is 16.8. The first kappa shape index (κ1) is 16.1. The van der Waals surface area contributed by atoms with Gasteiger partial charge in [0.1, 0.15) is 0 Å². The molecule has 1 saturated heterocycles. The van der Waals surface area contributed by atoms with Gasteiger partial charge in [-0.2, -0.15) is 4.98 Å². The average molecular weight is 315 g/mol. The molecule has 0 aliphatic carbocycles. The molecule has 2 aromatic rings. The van der Waals surface area contributed by atoms with Crippen molar-refractivity contribution in [1.29, 1.82) is 0 Å². The molecule has 3 rings (SSSR count). The lowest BCUT2D eigenvalue weighted by atomic mass is 9.89.